The molecular formula is C12H16ClN3O2. The van der Waals surface area contributed by atoms with Crippen LogP contribution in [0.1, 0.15) is 12.0 Å². The molecule has 0 aliphatic heterocycles. The van der Waals surface area contributed by atoms with Crippen molar-refractivity contribution < 1.29 is 9.59 Å². The number of carbonyl (C=O) groups excluding carboxylic acids is 2. The molecule has 98 valence electrons. The largest absolute Gasteiger partial charge is 0.370 e. The van der Waals surface area contributed by atoms with E-state index in [1.54, 1.807) is 12.1 Å². The van der Waals surface area contributed by atoms with Gasteiger partial charge in [0.25, 0.3) is 0 Å². The third kappa shape index (κ3) is 5.16. The van der Waals surface area contributed by atoms with E-state index in [2.05, 4.69) is 5.32 Å². The van der Waals surface area contributed by atoms with E-state index in [0.29, 0.717) is 18.0 Å². The summed E-state index contributed by atoms with van der Waals surface area (Å²) in [7, 11) is 0. The molecular weight excluding hydrogens is 254 g/mol. The maximum Gasteiger partial charge on any atom is 0.237 e. The third-order valence-electron chi connectivity index (χ3n) is 2.38. The zero-order chi connectivity index (χ0) is 13.5. The number of primary amides is 1. The van der Waals surface area contributed by atoms with Gasteiger partial charge in [0, 0.05) is 11.6 Å². The lowest BCUT2D eigenvalue weighted by Gasteiger charge is -2.10. The van der Waals surface area contributed by atoms with Crippen LogP contribution in [0.25, 0.3) is 0 Å². The molecule has 5 N–H and O–H groups in total. The van der Waals surface area contributed by atoms with Gasteiger partial charge in [0.05, 0.1) is 12.5 Å². The van der Waals surface area contributed by atoms with E-state index in [4.69, 9.17) is 23.1 Å². The minimum Gasteiger partial charge on any atom is -0.370 e. The van der Waals surface area contributed by atoms with Crippen molar-refractivity contribution in [1.82, 2.24) is 5.32 Å². The lowest BCUT2D eigenvalue weighted by Crippen LogP contribution is -2.43. The minimum absolute atomic E-state index is 0.146. The van der Waals surface area contributed by atoms with E-state index in [-0.39, 0.29) is 12.3 Å². The summed E-state index contributed by atoms with van der Waals surface area (Å²) in [6, 6.07) is 6.47. The fourth-order valence-electron chi connectivity index (χ4n) is 1.42. The zero-order valence-corrected chi connectivity index (χ0v) is 10.6. The summed E-state index contributed by atoms with van der Waals surface area (Å²) >= 11 is 5.76. The van der Waals surface area contributed by atoms with Crippen LogP contribution < -0.4 is 16.8 Å². The molecule has 1 rings (SSSR count). The zero-order valence-electron chi connectivity index (χ0n) is 9.86. The van der Waals surface area contributed by atoms with Crippen LogP contribution in [-0.4, -0.2) is 24.4 Å². The predicted octanol–water partition coefficient (Wildman–Crippen LogP) is 0.201. The van der Waals surface area contributed by atoms with Crippen molar-refractivity contribution in [3.05, 3.63) is 34.9 Å². The highest BCUT2D eigenvalue weighted by Gasteiger charge is 2.14. The Morgan fingerprint density at radius 2 is 1.89 bits per heavy atom. The van der Waals surface area contributed by atoms with Crippen molar-refractivity contribution in [3.8, 4) is 0 Å². The van der Waals surface area contributed by atoms with Crippen molar-refractivity contribution in [2.75, 3.05) is 6.54 Å². The van der Waals surface area contributed by atoms with Gasteiger partial charge >= 0.3 is 0 Å². The van der Waals surface area contributed by atoms with E-state index in [0.717, 1.165) is 5.56 Å². The van der Waals surface area contributed by atoms with Crippen LogP contribution in [-0.2, 0) is 16.0 Å². The second-order valence-corrected chi connectivity index (χ2v) is 4.38. The predicted molar refractivity (Wildman–Crippen MR) is 70.0 cm³/mol. The highest BCUT2D eigenvalue weighted by molar-refractivity contribution is 6.30. The molecule has 0 spiro atoms. The monoisotopic (exact) mass is 269 g/mol. The van der Waals surface area contributed by atoms with Gasteiger partial charge in [0.2, 0.25) is 11.8 Å². The quantitative estimate of drug-likeness (QED) is 0.688. The number of rotatable bonds is 6. The van der Waals surface area contributed by atoms with E-state index in [1.807, 2.05) is 12.1 Å². The highest BCUT2D eigenvalue weighted by Crippen LogP contribution is 2.09. The standard InChI is InChI=1S/C12H16ClN3O2/c13-9-3-1-8(2-4-9)5-6-16-12(18)10(14)7-11(15)17/h1-4,10H,5-7,14H2,(H2,15,17)(H,16,18)/t10-/m1/s1. The van der Waals surface area contributed by atoms with Gasteiger partial charge in [0.1, 0.15) is 0 Å². The van der Waals surface area contributed by atoms with Crippen LogP contribution in [0, 0.1) is 0 Å². The molecule has 0 unspecified atom stereocenters. The Hall–Kier alpha value is -1.59. The molecule has 1 aromatic carbocycles. The molecule has 0 fully saturated rings. The molecule has 0 aromatic heterocycles. The van der Waals surface area contributed by atoms with Crippen molar-refractivity contribution in [2.24, 2.45) is 11.5 Å². The van der Waals surface area contributed by atoms with Crippen LogP contribution >= 0.6 is 11.6 Å². The fraction of sp³-hybridized carbons (Fsp3) is 0.333. The molecule has 1 aromatic rings. The Labute approximate surface area is 110 Å². The average Bonchev–Trinajstić information content (AvgIpc) is 2.30. The molecule has 6 heteroatoms. The van der Waals surface area contributed by atoms with Crippen LogP contribution in [0.5, 0.6) is 0 Å². The fourth-order valence-corrected chi connectivity index (χ4v) is 1.55. The number of amides is 2. The summed E-state index contributed by atoms with van der Waals surface area (Å²) in [6.07, 6.45) is 0.527. The van der Waals surface area contributed by atoms with E-state index >= 15 is 0 Å². The number of nitrogens with two attached hydrogens (primary N) is 2. The van der Waals surface area contributed by atoms with Gasteiger partial charge < -0.3 is 16.8 Å². The summed E-state index contributed by atoms with van der Waals surface area (Å²) in [4.78, 5) is 22.0. The number of benzene rings is 1. The molecule has 0 saturated heterocycles. The molecule has 2 amide bonds. The Balaban J connectivity index is 2.31. The van der Waals surface area contributed by atoms with Gasteiger partial charge in [-0.2, -0.15) is 0 Å². The van der Waals surface area contributed by atoms with Gasteiger partial charge in [0.15, 0.2) is 0 Å². The molecule has 18 heavy (non-hydrogen) atoms. The molecule has 0 radical (unpaired) electrons. The SMILES string of the molecule is NC(=O)C[C@@H](N)C(=O)NCCc1ccc(Cl)cc1. The maximum atomic E-state index is 11.5. The van der Waals surface area contributed by atoms with E-state index in [9.17, 15) is 9.59 Å². The van der Waals surface area contributed by atoms with Crippen molar-refractivity contribution in [2.45, 2.75) is 18.9 Å². The summed E-state index contributed by atoms with van der Waals surface area (Å²) in [5.41, 5.74) is 11.5. The summed E-state index contributed by atoms with van der Waals surface area (Å²) in [5.74, 6) is -0.960. The van der Waals surface area contributed by atoms with Crippen molar-refractivity contribution in [3.63, 3.8) is 0 Å². The molecule has 0 heterocycles. The van der Waals surface area contributed by atoms with Crippen LogP contribution in [0.4, 0.5) is 0 Å². The van der Waals surface area contributed by atoms with Gasteiger partial charge in [-0.1, -0.05) is 23.7 Å². The van der Waals surface area contributed by atoms with Gasteiger partial charge in [-0.25, -0.2) is 0 Å². The normalized spacial score (nSPS) is 11.9. The molecule has 0 aliphatic carbocycles. The van der Waals surface area contributed by atoms with Gasteiger partial charge in [-0.15, -0.1) is 0 Å². The van der Waals surface area contributed by atoms with Crippen LogP contribution in [0.3, 0.4) is 0 Å². The lowest BCUT2D eigenvalue weighted by molar-refractivity contribution is -0.126. The molecule has 0 saturated carbocycles. The minimum atomic E-state index is -0.882. The number of nitrogens with one attached hydrogen (secondary N) is 1. The topological polar surface area (TPSA) is 98.2 Å². The molecule has 0 aliphatic rings. The first-order valence-electron chi connectivity index (χ1n) is 5.55. The Morgan fingerprint density at radius 1 is 1.28 bits per heavy atom. The number of hydrogen-bond acceptors (Lipinski definition) is 3. The van der Waals surface area contributed by atoms with Gasteiger partial charge in [-0.3, -0.25) is 9.59 Å². The van der Waals surface area contributed by atoms with Gasteiger partial charge in [-0.05, 0) is 24.1 Å². The molecule has 1 atom stereocenters. The first-order chi connectivity index (χ1) is 8.49. The lowest BCUT2D eigenvalue weighted by atomic mass is 10.1. The smallest absolute Gasteiger partial charge is 0.237 e. The van der Waals surface area contributed by atoms with Crippen molar-refractivity contribution in [1.29, 1.82) is 0 Å². The Kier molecular flexibility index (Phi) is 5.61. The highest BCUT2D eigenvalue weighted by atomic mass is 35.5. The average molecular weight is 270 g/mol. The van der Waals surface area contributed by atoms with Crippen LogP contribution in [0.2, 0.25) is 5.02 Å². The van der Waals surface area contributed by atoms with E-state index in [1.165, 1.54) is 0 Å². The molecule has 5 nitrogen and oxygen atoms in total. The first-order valence-corrected chi connectivity index (χ1v) is 5.93. The van der Waals surface area contributed by atoms with Crippen molar-refractivity contribution >= 4 is 23.4 Å². The van der Waals surface area contributed by atoms with E-state index < -0.39 is 11.9 Å². The number of hydrogen-bond donors (Lipinski definition) is 3. The Morgan fingerprint density at radius 3 is 2.44 bits per heavy atom. The second-order valence-electron chi connectivity index (χ2n) is 3.94. The summed E-state index contributed by atoms with van der Waals surface area (Å²) in [6.45, 7) is 0.451. The Bertz CT molecular complexity index is 420. The number of halogens is 1. The van der Waals surface area contributed by atoms with Crippen LogP contribution in [0.15, 0.2) is 24.3 Å². The second kappa shape index (κ2) is 6.98. The first kappa shape index (κ1) is 14.5. The summed E-state index contributed by atoms with van der Waals surface area (Å²) < 4.78 is 0. The summed E-state index contributed by atoms with van der Waals surface area (Å²) in [5, 5.41) is 3.32. The number of carbonyl (C=O) groups is 2. The third-order valence-corrected chi connectivity index (χ3v) is 2.64. The molecule has 0 bridgehead atoms. The maximum absolute atomic E-state index is 11.5.